The number of fused-ring (bicyclic) bond motifs is 3. The van der Waals surface area contributed by atoms with Crippen LogP contribution in [0.3, 0.4) is 0 Å². The maximum Gasteiger partial charge on any atom is 0.340 e. The summed E-state index contributed by atoms with van der Waals surface area (Å²) in [5.41, 5.74) is 2.03. The van der Waals surface area contributed by atoms with Crippen molar-refractivity contribution in [3.63, 3.8) is 0 Å². The molecule has 0 N–H and O–H groups in total. The van der Waals surface area contributed by atoms with Gasteiger partial charge in [-0.05, 0) is 66.7 Å². The minimum atomic E-state index is -6.08. The molecule has 0 atom stereocenters. The molecule has 0 heterocycles. The maximum atomic E-state index is 15.4. The molecule has 268 valence electrons. The van der Waals surface area contributed by atoms with E-state index in [4.69, 9.17) is 4.18 Å². The fraction of sp³-hybridized carbons (Fsp3) is 0. The molecule has 0 aliphatic carbocycles. The van der Waals surface area contributed by atoms with Crippen LogP contribution in [-0.2, 0) is 20.2 Å². The summed E-state index contributed by atoms with van der Waals surface area (Å²) in [5, 5.41) is 4.36. The third-order valence-electron chi connectivity index (χ3n) is 9.23. The van der Waals surface area contributed by atoms with Crippen molar-refractivity contribution >= 4 is 52.6 Å². The molecule has 0 aromatic heterocycles. The maximum absolute atomic E-state index is 15.4. The highest BCUT2D eigenvalue weighted by Crippen LogP contribution is 2.46. The smallest absolute Gasteiger partial charge is 0.340 e. The Kier molecular flexibility index (Phi) is 8.48. The SMILES string of the molecule is O=S(=O)([O-])c1c(F)c(F)c(OS(=O)(=O)c2c(-c3cccc4ccccc34)cc(-c3cccc4ccccc34)cc2-c2cccc3ccccc23)c(F)c1F. The molecule has 0 saturated heterocycles. The Morgan fingerprint density at radius 1 is 0.426 bits per heavy atom. The zero-order chi connectivity index (χ0) is 37.9. The molecule has 0 bridgehead atoms. The molecule has 0 spiro atoms. The summed E-state index contributed by atoms with van der Waals surface area (Å²) in [6.45, 7) is 0. The van der Waals surface area contributed by atoms with Crippen molar-refractivity contribution in [2.45, 2.75) is 9.79 Å². The molecule has 54 heavy (non-hydrogen) atoms. The van der Waals surface area contributed by atoms with E-state index < -0.39 is 59.0 Å². The van der Waals surface area contributed by atoms with Gasteiger partial charge in [0, 0.05) is 11.1 Å². The van der Waals surface area contributed by atoms with E-state index in [1.54, 1.807) is 72.8 Å². The van der Waals surface area contributed by atoms with E-state index >= 15 is 8.78 Å². The first-order valence-electron chi connectivity index (χ1n) is 16.2. The first-order valence-corrected chi connectivity index (χ1v) is 19.1. The quantitative estimate of drug-likeness (QED) is 0.0693. The van der Waals surface area contributed by atoms with Gasteiger partial charge in [-0.25, -0.2) is 17.2 Å². The molecule has 12 heteroatoms. The lowest BCUT2D eigenvalue weighted by Gasteiger charge is -2.21. The normalized spacial score (nSPS) is 12.1. The number of hydrogen-bond acceptors (Lipinski definition) is 6. The van der Waals surface area contributed by atoms with Gasteiger partial charge >= 0.3 is 10.1 Å². The summed E-state index contributed by atoms with van der Waals surface area (Å²) in [7, 11) is -11.6. The molecule has 8 aromatic rings. The van der Waals surface area contributed by atoms with Gasteiger partial charge in [-0.1, -0.05) is 127 Å². The van der Waals surface area contributed by atoms with Gasteiger partial charge in [-0.15, -0.1) is 0 Å². The van der Waals surface area contributed by atoms with Gasteiger partial charge in [-0.3, -0.25) is 0 Å². The van der Waals surface area contributed by atoms with E-state index in [1.807, 2.05) is 66.7 Å². The average molecular weight is 764 g/mol. The third-order valence-corrected chi connectivity index (χ3v) is 11.4. The van der Waals surface area contributed by atoms with E-state index in [1.165, 1.54) is 0 Å². The fourth-order valence-electron chi connectivity index (χ4n) is 6.89. The molecule has 8 aromatic carbocycles. The molecule has 0 aliphatic heterocycles. The topological polar surface area (TPSA) is 101 Å². The van der Waals surface area contributed by atoms with E-state index in [0.29, 0.717) is 27.5 Å². The summed E-state index contributed by atoms with van der Waals surface area (Å²) >= 11 is 0. The standard InChI is InChI=1S/C42H24F4O6S2/c43-36-38(45)42(53(47,48)49)39(46)37(44)40(36)52-54(50,51)41-34(32-20-8-14-25-11-2-5-17-29(25)32)22-27(31-19-7-13-24-10-1-4-16-28(24)31)23-35(41)33-21-9-15-26-12-3-6-18-30(26)33/h1-23H,(H,47,48,49)/p-1. The van der Waals surface area contributed by atoms with Crippen LogP contribution in [0.5, 0.6) is 5.75 Å². The van der Waals surface area contributed by atoms with Crippen LogP contribution in [0, 0.1) is 23.3 Å². The van der Waals surface area contributed by atoms with Crippen molar-refractivity contribution < 1.29 is 43.1 Å². The predicted molar refractivity (Wildman–Crippen MR) is 197 cm³/mol. The summed E-state index contributed by atoms with van der Waals surface area (Å²) in [4.78, 5) is -3.06. The zero-order valence-electron chi connectivity index (χ0n) is 27.6. The lowest BCUT2D eigenvalue weighted by Crippen LogP contribution is -2.18. The van der Waals surface area contributed by atoms with Crippen LogP contribution < -0.4 is 4.18 Å². The Morgan fingerprint density at radius 3 is 1.22 bits per heavy atom. The molecular formula is C42H23F4O6S2-. The van der Waals surface area contributed by atoms with Crippen LogP contribution in [-0.4, -0.2) is 21.4 Å². The molecule has 6 nitrogen and oxygen atoms in total. The molecule has 0 radical (unpaired) electrons. The van der Waals surface area contributed by atoms with E-state index in [2.05, 4.69) is 0 Å². The van der Waals surface area contributed by atoms with Crippen molar-refractivity contribution in [1.29, 1.82) is 0 Å². The number of benzene rings is 8. The van der Waals surface area contributed by atoms with Crippen molar-refractivity contribution in [2.24, 2.45) is 0 Å². The Morgan fingerprint density at radius 2 is 0.796 bits per heavy atom. The Balaban J connectivity index is 1.52. The monoisotopic (exact) mass is 763 g/mol. The van der Waals surface area contributed by atoms with Crippen LogP contribution in [0.15, 0.2) is 149 Å². The highest BCUT2D eigenvalue weighted by molar-refractivity contribution is 7.87. The van der Waals surface area contributed by atoms with Gasteiger partial charge in [0.25, 0.3) is 0 Å². The van der Waals surface area contributed by atoms with E-state index in [-0.39, 0.29) is 11.1 Å². The highest BCUT2D eigenvalue weighted by Gasteiger charge is 2.36. The fourth-order valence-corrected chi connectivity index (χ4v) is 8.83. The molecule has 8 rings (SSSR count). The Hall–Kier alpha value is -6.08. The van der Waals surface area contributed by atoms with E-state index in [9.17, 15) is 30.2 Å². The molecule has 0 unspecified atom stereocenters. The number of hydrogen-bond donors (Lipinski definition) is 0. The second-order valence-electron chi connectivity index (χ2n) is 12.4. The molecule has 0 fully saturated rings. The van der Waals surface area contributed by atoms with Crippen molar-refractivity contribution in [3.8, 4) is 39.1 Å². The minimum absolute atomic E-state index is 0.0145. The second-order valence-corrected chi connectivity index (χ2v) is 15.2. The predicted octanol–water partition coefficient (Wildman–Crippen LogP) is 10.4. The van der Waals surface area contributed by atoms with Crippen LogP contribution in [0.1, 0.15) is 0 Å². The zero-order valence-corrected chi connectivity index (χ0v) is 29.2. The van der Waals surface area contributed by atoms with Crippen LogP contribution >= 0.6 is 0 Å². The second kappa shape index (κ2) is 13.1. The van der Waals surface area contributed by atoms with Crippen molar-refractivity contribution in [2.75, 3.05) is 0 Å². The molecule has 0 aliphatic rings. The first kappa shape index (κ1) is 35.0. The molecule has 0 amide bonds. The van der Waals surface area contributed by atoms with Gasteiger partial charge in [-0.2, -0.15) is 17.2 Å². The van der Waals surface area contributed by atoms with Crippen molar-refractivity contribution in [3.05, 3.63) is 163 Å². The van der Waals surface area contributed by atoms with Crippen molar-refractivity contribution in [1.82, 2.24) is 0 Å². The van der Waals surface area contributed by atoms with Crippen LogP contribution in [0.25, 0.3) is 65.7 Å². The van der Waals surface area contributed by atoms with Gasteiger partial charge < -0.3 is 8.74 Å². The summed E-state index contributed by atoms with van der Waals surface area (Å²) in [6, 6.07) is 41.0. The summed E-state index contributed by atoms with van der Waals surface area (Å²) in [6.07, 6.45) is 0. The van der Waals surface area contributed by atoms with Gasteiger partial charge in [0.15, 0.2) is 11.6 Å². The van der Waals surface area contributed by atoms with E-state index in [0.717, 1.165) is 27.1 Å². The average Bonchev–Trinajstić information content (AvgIpc) is 3.17. The van der Waals surface area contributed by atoms with Crippen LogP contribution in [0.4, 0.5) is 17.6 Å². The number of rotatable bonds is 7. The third kappa shape index (κ3) is 5.84. The summed E-state index contributed by atoms with van der Waals surface area (Å²) < 4.78 is 130. The van der Waals surface area contributed by atoms with Gasteiger partial charge in [0.2, 0.25) is 17.4 Å². The Bertz CT molecular complexity index is 2930. The number of halogens is 4. The lowest BCUT2D eigenvalue weighted by molar-refractivity contribution is 0.363. The summed E-state index contributed by atoms with van der Waals surface area (Å²) in [5.74, 6) is -12.4. The Labute approximate surface area is 306 Å². The first-order chi connectivity index (χ1) is 25.8. The van der Waals surface area contributed by atoms with Gasteiger partial charge in [0.1, 0.15) is 19.9 Å². The molecule has 0 saturated carbocycles. The lowest BCUT2D eigenvalue weighted by atomic mass is 9.88. The largest absolute Gasteiger partial charge is 0.744 e. The van der Waals surface area contributed by atoms with Gasteiger partial charge in [0.05, 0.1) is 0 Å². The molecular weight excluding hydrogens is 741 g/mol. The van der Waals surface area contributed by atoms with Crippen LogP contribution in [0.2, 0.25) is 0 Å². The highest BCUT2D eigenvalue weighted by atomic mass is 32.2. The minimum Gasteiger partial charge on any atom is -0.744 e.